The molecule has 0 saturated heterocycles. The molecule has 0 bridgehead atoms. The van der Waals surface area contributed by atoms with Crippen molar-refractivity contribution in [3.05, 3.63) is 71.4 Å². The molecule has 23 heavy (non-hydrogen) atoms. The first-order valence-corrected chi connectivity index (χ1v) is 8.58. The number of para-hydroxylation sites is 1. The molecule has 2 aromatic carbocycles. The topological polar surface area (TPSA) is 42.2 Å². The lowest BCUT2D eigenvalue weighted by Crippen LogP contribution is -2.11. The van der Waals surface area contributed by atoms with E-state index in [1.807, 2.05) is 42.7 Å². The largest absolute Gasteiger partial charge is 0.451 e. The lowest BCUT2D eigenvalue weighted by atomic mass is 10.2. The molecule has 5 heteroatoms. The Morgan fingerprint density at radius 1 is 1.04 bits per heavy atom. The molecule has 3 nitrogen and oxygen atoms in total. The van der Waals surface area contributed by atoms with Gasteiger partial charge in [0.1, 0.15) is 5.76 Å². The first kappa shape index (κ1) is 15.7. The molecule has 0 unspecified atom stereocenters. The SMILES string of the molecule is CSc1ccccc1NC(=O)c1ccc(-c2ccc(Cl)cc2)o1. The number of carbonyl (C=O) groups excluding carboxylic acids is 1. The molecule has 0 radical (unpaired) electrons. The maximum absolute atomic E-state index is 12.3. The van der Waals surface area contributed by atoms with Gasteiger partial charge in [0.25, 0.3) is 5.91 Å². The van der Waals surface area contributed by atoms with Gasteiger partial charge in [0.15, 0.2) is 5.76 Å². The van der Waals surface area contributed by atoms with Crippen molar-refractivity contribution in [3.8, 4) is 11.3 Å². The first-order valence-electron chi connectivity index (χ1n) is 6.97. The third-order valence-corrected chi connectivity index (χ3v) is 4.36. The van der Waals surface area contributed by atoms with E-state index in [2.05, 4.69) is 5.32 Å². The van der Waals surface area contributed by atoms with Gasteiger partial charge in [0.05, 0.1) is 5.69 Å². The Labute approximate surface area is 143 Å². The van der Waals surface area contributed by atoms with E-state index in [0.29, 0.717) is 10.8 Å². The Hall–Kier alpha value is -2.17. The van der Waals surface area contributed by atoms with E-state index in [1.54, 1.807) is 36.0 Å². The van der Waals surface area contributed by atoms with E-state index in [-0.39, 0.29) is 11.7 Å². The van der Waals surface area contributed by atoms with Crippen LogP contribution in [-0.2, 0) is 0 Å². The monoisotopic (exact) mass is 343 g/mol. The van der Waals surface area contributed by atoms with Gasteiger partial charge >= 0.3 is 0 Å². The van der Waals surface area contributed by atoms with Crippen LogP contribution in [0.25, 0.3) is 11.3 Å². The average molecular weight is 344 g/mol. The molecule has 0 fully saturated rings. The Bertz CT molecular complexity index is 827. The Morgan fingerprint density at radius 2 is 1.78 bits per heavy atom. The Morgan fingerprint density at radius 3 is 2.52 bits per heavy atom. The summed E-state index contributed by atoms with van der Waals surface area (Å²) in [4.78, 5) is 13.4. The highest BCUT2D eigenvalue weighted by molar-refractivity contribution is 7.98. The second-order valence-electron chi connectivity index (χ2n) is 4.83. The Kier molecular flexibility index (Phi) is 4.74. The summed E-state index contributed by atoms with van der Waals surface area (Å²) in [5, 5.41) is 3.54. The predicted molar refractivity (Wildman–Crippen MR) is 95.3 cm³/mol. The summed E-state index contributed by atoms with van der Waals surface area (Å²) in [7, 11) is 0. The summed E-state index contributed by atoms with van der Waals surface area (Å²) in [5.74, 6) is 0.627. The highest BCUT2D eigenvalue weighted by Gasteiger charge is 2.13. The molecule has 0 aliphatic carbocycles. The van der Waals surface area contributed by atoms with E-state index >= 15 is 0 Å². The first-order chi connectivity index (χ1) is 11.2. The number of thioether (sulfide) groups is 1. The molecule has 3 aromatic rings. The van der Waals surface area contributed by atoms with Crippen molar-refractivity contribution in [1.82, 2.24) is 0 Å². The fourth-order valence-electron chi connectivity index (χ4n) is 2.16. The quantitative estimate of drug-likeness (QED) is 0.629. The van der Waals surface area contributed by atoms with Crippen molar-refractivity contribution in [2.45, 2.75) is 4.90 Å². The molecular weight excluding hydrogens is 330 g/mol. The fraction of sp³-hybridized carbons (Fsp3) is 0.0556. The normalized spacial score (nSPS) is 10.5. The maximum Gasteiger partial charge on any atom is 0.291 e. The molecule has 0 spiro atoms. The number of anilines is 1. The lowest BCUT2D eigenvalue weighted by Gasteiger charge is -2.07. The molecule has 1 amide bonds. The molecule has 1 heterocycles. The number of hydrogen-bond acceptors (Lipinski definition) is 3. The van der Waals surface area contributed by atoms with E-state index in [0.717, 1.165) is 16.1 Å². The molecule has 0 atom stereocenters. The predicted octanol–water partition coefficient (Wildman–Crippen LogP) is 5.57. The summed E-state index contributed by atoms with van der Waals surface area (Å²) < 4.78 is 5.66. The number of hydrogen-bond donors (Lipinski definition) is 1. The highest BCUT2D eigenvalue weighted by atomic mass is 35.5. The number of nitrogens with one attached hydrogen (secondary N) is 1. The number of carbonyl (C=O) groups is 1. The zero-order valence-electron chi connectivity index (χ0n) is 12.4. The number of amides is 1. The zero-order valence-corrected chi connectivity index (χ0v) is 13.9. The van der Waals surface area contributed by atoms with Gasteiger partial charge in [0.2, 0.25) is 0 Å². The van der Waals surface area contributed by atoms with Gasteiger partial charge in [-0.05, 0) is 54.8 Å². The van der Waals surface area contributed by atoms with Gasteiger partial charge in [-0.2, -0.15) is 0 Å². The summed E-state index contributed by atoms with van der Waals surface area (Å²) in [6.45, 7) is 0. The molecular formula is C18H14ClNO2S. The van der Waals surface area contributed by atoms with Gasteiger partial charge < -0.3 is 9.73 Å². The summed E-state index contributed by atoms with van der Waals surface area (Å²) in [6.07, 6.45) is 1.97. The number of rotatable bonds is 4. The third-order valence-electron chi connectivity index (χ3n) is 3.31. The van der Waals surface area contributed by atoms with E-state index in [9.17, 15) is 4.79 Å². The van der Waals surface area contributed by atoms with Crippen LogP contribution >= 0.6 is 23.4 Å². The number of halogens is 1. The summed E-state index contributed by atoms with van der Waals surface area (Å²) in [6, 6.07) is 18.4. The molecule has 3 rings (SSSR count). The van der Waals surface area contributed by atoms with E-state index < -0.39 is 0 Å². The van der Waals surface area contributed by atoms with Crippen LogP contribution in [0.15, 0.2) is 70.0 Å². The number of benzene rings is 2. The second-order valence-corrected chi connectivity index (χ2v) is 6.11. The van der Waals surface area contributed by atoms with E-state index in [1.165, 1.54) is 0 Å². The molecule has 1 aromatic heterocycles. The molecule has 1 N–H and O–H groups in total. The molecule has 0 aliphatic heterocycles. The summed E-state index contributed by atoms with van der Waals surface area (Å²) >= 11 is 7.46. The van der Waals surface area contributed by atoms with Gasteiger partial charge in [-0.1, -0.05) is 23.7 Å². The van der Waals surface area contributed by atoms with Crippen molar-refractivity contribution in [2.24, 2.45) is 0 Å². The standard InChI is InChI=1S/C18H14ClNO2S/c1-23-17-5-3-2-4-14(17)20-18(21)16-11-10-15(22-16)12-6-8-13(19)9-7-12/h2-11H,1H3,(H,20,21). The highest BCUT2D eigenvalue weighted by Crippen LogP contribution is 2.27. The minimum Gasteiger partial charge on any atom is -0.451 e. The van der Waals surface area contributed by atoms with Gasteiger partial charge in [0, 0.05) is 15.5 Å². The minimum absolute atomic E-state index is 0.269. The zero-order chi connectivity index (χ0) is 16.2. The van der Waals surface area contributed by atoms with Crippen LogP contribution in [0.1, 0.15) is 10.6 Å². The molecule has 116 valence electrons. The van der Waals surface area contributed by atoms with E-state index in [4.69, 9.17) is 16.0 Å². The van der Waals surface area contributed by atoms with Gasteiger partial charge in [-0.3, -0.25) is 4.79 Å². The van der Waals surface area contributed by atoms with Crippen LogP contribution in [0.3, 0.4) is 0 Å². The molecule has 0 aliphatic rings. The third kappa shape index (κ3) is 3.60. The Balaban J connectivity index is 1.80. The van der Waals surface area contributed by atoms with Gasteiger partial charge in [-0.25, -0.2) is 0 Å². The van der Waals surface area contributed by atoms with Crippen LogP contribution in [0, 0.1) is 0 Å². The van der Waals surface area contributed by atoms with Crippen molar-refractivity contribution >= 4 is 35.0 Å². The van der Waals surface area contributed by atoms with Crippen LogP contribution < -0.4 is 5.32 Å². The van der Waals surface area contributed by atoms with Crippen LogP contribution in [0.2, 0.25) is 5.02 Å². The van der Waals surface area contributed by atoms with Crippen molar-refractivity contribution < 1.29 is 9.21 Å². The lowest BCUT2D eigenvalue weighted by molar-refractivity contribution is 0.0997. The van der Waals surface area contributed by atoms with Crippen molar-refractivity contribution in [3.63, 3.8) is 0 Å². The fourth-order valence-corrected chi connectivity index (χ4v) is 2.84. The van der Waals surface area contributed by atoms with Crippen LogP contribution in [0.4, 0.5) is 5.69 Å². The minimum atomic E-state index is -0.272. The van der Waals surface area contributed by atoms with Gasteiger partial charge in [-0.15, -0.1) is 11.8 Å². The van der Waals surface area contributed by atoms with Crippen LogP contribution in [-0.4, -0.2) is 12.2 Å². The second kappa shape index (κ2) is 6.94. The molecule has 0 saturated carbocycles. The van der Waals surface area contributed by atoms with Crippen molar-refractivity contribution in [2.75, 3.05) is 11.6 Å². The average Bonchev–Trinajstić information content (AvgIpc) is 3.06. The van der Waals surface area contributed by atoms with Crippen LogP contribution in [0.5, 0.6) is 0 Å². The van der Waals surface area contributed by atoms with Crippen molar-refractivity contribution in [1.29, 1.82) is 0 Å². The number of furan rings is 1. The summed E-state index contributed by atoms with van der Waals surface area (Å²) in [5.41, 5.74) is 1.65. The smallest absolute Gasteiger partial charge is 0.291 e. The maximum atomic E-state index is 12.3.